The second-order valence-electron chi connectivity index (χ2n) is 5.70. The van der Waals surface area contributed by atoms with Gasteiger partial charge < -0.3 is 20.7 Å². The zero-order chi connectivity index (χ0) is 19.9. The van der Waals surface area contributed by atoms with Crippen LogP contribution in [0.4, 0.5) is 0 Å². The van der Waals surface area contributed by atoms with Crippen molar-refractivity contribution in [2.45, 2.75) is 10.5 Å². The number of sulfonamides is 1. The number of rotatable bonds is 10. The maximum Gasteiger partial charge on any atom is 0.258 e. The Balaban J connectivity index is 2.31. The molecule has 0 aromatic heterocycles. The van der Waals surface area contributed by atoms with Crippen LogP contribution in [-0.2, 0) is 25.2 Å². The van der Waals surface area contributed by atoms with Crippen molar-refractivity contribution < 1.29 is 28.2 Å². The van der Waals surface area contributed by atoms with Crippen LogP contribution in [0.3, 0.4) is 0 Å². The second kappa shape index (κ2) is 9.07. The predicted octanol–water partition coefficient (Wildman–Crippen LogP) is -0.305. The van der Waals surface area contributed by atoms with Crippen molar-refractivity contribution in [3.05, 3.63) is 65.7 Å². The van der Waals surface area contributed by atoms with Gasteiger partial charge in [0.25, 0.3) is 5.91 Å². The Morgan fingerprint density at radius 2 is 1.74 bits per heavy atom. The summed E-state index contributed by atoms with van der Waals surface area (Å²) in [5.74, 6) is -1.02. The van der Waals surface area contributed by atoms with Gasteiger partial charge in [-0.05, 0) is 23.3 Å². The average Bonchev–Trinajstić information content (AvgIpc) is 2.67. The van der Waals surface area contributed by atoms with E-state index < -0.39 is 21.5 Å². The Bertz CT molecular complexity index is 872. The van der Waals surface area contributed by atoms with Crippen LogP contribution in [0.15, 0.2) is 59.5 Å². The van der Waals surface area contributed by atoms with Gasteiger partial charge in [-0.3, -0.25) is 4.79 Å². The summed E-state index contributed by atoms with van der Waals surface area (Å²) in [6, 6.07) is 13.4. The van der Waals surface area contributed by atoms with Crippen LogP contribution in [-0.4, -0.2) is 50.9 Å². The van der Waals surface area contributed by atoms with Gasteiger partial charge in [0.2, 0.25) is 10.0 Å². The first kappa shape index (κ1) is 21.0. The third-order valence-corrected chi connectivity index (χ3v) is 5.34. The standard InChI is InChI=1S/C18H22N2O6S/c19-17(22)18(23,14-5-2-1-3-6-14)15-7-4-8-16(13-15)27(24,25)20-9-11-26-12-10-21/h1-8,13,20-21,23H,9-12H2,(H2,19,22). The normalized spacial score (nSPS) is 13.9. The quantitative estimate of drug-likeness (QED) is 0.408. The lowest BCUT2D eigenvalue weighted by Gasteiger charge is -2.26. The van der Waals surface area contributed by atoms with Gasteiger partial charge in [-0.2, -0.15) is 0 Å². The lowest BCUT2D eigenvalue weighted by molar-refractivity contribution is -0.133. The number of ether oxygens (including phenoxy) is 1. The third kappa shape index (κ3) is 4.90. The number of benzene rings is 2. The van der Waals surface area contributed by atoms with Crippen LogP contribution in [0.1, 0.15) is 11.1 Å². The number of hydrogen-bond donors (Lipinski definition) is 4. The number of amides is 1. The summed E-state index contributed by atoms with van der Waals surface area (Å²) >= 11 is 0. The van der Waals surface area contributed by atoms with E-state index in [9.17, 15) is 18.3 Å². The van der Waals surface area contributed by atoms with Crippen molar-refractivity contribution in [3.63, 3.8) is 0 Å². The summed E-state index contributed by atoms with van der Waals surface area (Å²) in [6.45, 7) is 0.0555. The van der Waals surface area contributed by atoms with E-state index in [1.165, 1.54) is 36.4 Å². The van der Waals surface area contributed by atoms with Gasteiger partial charge in [-0.25, -0.2) is 13.1 Å². The molecule has 1 atom stereocenters. The van der Waals surface area contributed by atoms with Crippen molar-refractivity contribution in [1.82, 2.24) is 4.72 Å². The van der Waals surface area contributed by atoms with Crippen LogP contribution >= 0.6 is 0 Å². The van der Waals surface area contributed by atoms with Crippen LogP contribution in [0.25, 0.3) is 0 Å². The monoisotopic (exact) mass is 394 g/mol. The highest BCUT2D eigenvalue weighted by Gasteiger charge is 2.38. The van der Waals surface area contributed by atoms with Crippen molar-refractivity contribution >= 4 is 15.9 Å². The number of nitrogens with one attached hydrogen (secondary N) is 1. The number of aliphatic hydroxyl groups is 2. The zero-order valence-corrected chi connectivity index (χ0v) is 15.4. The summed E-state index contributed by atoms with van der Waals surface area (Å²) in [5, 5.41) is 19.6. The number of carbonyl (C=O) groups is 1. The van der Waals surface area contributed by atoms with E-state index in [-0.39, 0.29) is 42.4 Å². The highest BCUT2D eigenvalue weighted by molar-refractivity contribution is 7.89. The Morgan fingerprint density at radius 3 is 2.37 bits per heavy atom. The first-order valence-electron chi connectivity index (χ1n) is 8.19. The maximum atomic E-state index is 12.4. The molecule has 0 spiro atoms. The minimum Gasteiger partial charge on any atom is -0.394 e. The van der Waals surface area contributed by atoms with E-state index in [4.69, 9.17) is 15.6 Å². The molecular weight excluding hydrogens is 372 g/mol. The maximum absolute atomic E-state index is 12.4. The fourth-order valence-corrected chi connectivity index (χ4v) is 3.58. The van der Waals surface area contributed by atoms with Gasteiger partial charge >= 0.3 is 0 Å². The topological polar surface area (TPSA) is 139 Å². The summed E-state index contributed by atoms with van der Waals surface area (Å²) in [6.07, 6.45) is 0. The Labute approximate surface area is 157 Å². The molecule has 2 aromatic rings. The molecule has 8 nitrogen and oxygen atoms in total. The van der Waals surface area contributed by atoms with Crippen molar-refractivity contribution in [3.8, 4) is 0 Å². The average molecular weight is 394 g/mol. The highest BCUT2D eigenvalue weighted by Crippen LogP contribution is 2.30. The fraction of sp³-hybridized carbons (Fsp3) is 0.278. The molecule has 0 radical (unpaired) electrons. The molecule has 0 bridgehead atoms. The first-order chi connectivity index (χ1) is 12.8. The Hall–Kier alpha value is -2.30. The molecule has 146 valence electrons. The molecule has 5 N–H and O–H groups in total. The van der Waals surface area contributed by atoms with Crippen molar-refractivity contribution in [2.24, 2.45) is 5.73 Å². The number of nitrogens with two attached hydrogens (primary N) is 1. The van der Waals surface area contributed by atoms with Gasteiger partial charge in [0.15, 0.2) is 5.60 Å². The predicted molar refractivity (Wildman–Crippen MR) is 98.2 cm³/mol. The van der Waals surface area contributed by atoms with Gasteiger partial charge in [0.05, 0.1) is 24.7 Å². The Morgan fingerprint density at radius 1 is 1.07 bits per heavy atom. The molecule has 0 aliphatic rings. The van der Waals surface area contributed by atoms with Gasteiger partial charge in [-0.15, -0.1) is 0 Å². The van der Waals surface area contributed by atoms with E-state index >= 15 is 0 Å². The smallest absolute Gasteiger partial charge is 0.258 e. The van der Waals surface area contributed by atoms with Crippen LogP contribution in [0.5, 0.6) is 0 Å². The minimum atomic E-state index is -3.89. The molecule has 1 unspecified atom stereocenters. The summed E-state index contributed by atoms with van der Waals surface area (Å²) in [5.41, 5.74) is 3.54. The number of primary amides is 1. The molecule has 27 heavy (non-hydrogen) atoms. The molecule has 0 fully saturated rings. The lowest BCUT2D eigenvalue weighted by atomic mass is 9.86. The van der Waals surface area contributed by atoms with Crippen LogP contribution in [0.2, 0.25) is 0 Å². The molecule has 0 saturated carbocycles. The SMILES string of the molecule is NC(=O)C(O)(c1ccccc1)c1cccc(S(=O)(=O)NCCOCCO)c1. The van der Waals surface area contributed by atoms with Crippen molar-refractivity contribution in [1.29, 1.82) is 0 Å². The van der Waals surface area contributed by atoms with Gasteiger partial charge in [-0.1, -0.05) is 42.5 Å². The van der Waals surface area contributed by atoms with Gasteiger partial charge in [0, 0.05) is 6.54 Å². The second-order valence-corrected chi connectivity index (χ2v) is 7.47. The van der Waals surface area contributed by atoms with Crippen LogP contribution in [0, 0.1) is 0 Å². The van der Waals surface area contributed by atoms with Gasteiger partial charge in [0.1, 0.15) is 0 Å². The first-order valence-corrected chi connectivity index (χ1v) is 9.67. The summed E-state index contributed by atoms with van der Waals surface area (Å²) in [4.78, 5) is 11.9. The fourth-order valence-electron chi connectivity index (χ4n) is 2.52. The van der Waals surface area contributed by atoms with E-state index in [0.29, 0.717) is 0 Å². The Kier molecular flexibility index (Phi) is 7.05. The van der Waals surface area contributed by atoms with Crippen LogP contribution < -0.4 is 10.5 Å². The lowest BCUT2D eigenvalue weighted by Crippen LogP contribution is -2.42. The highest BCUT2D eigenvalue weighted by atomic mass is 32.2. The third-order valence-electron chi connectivity index (χ3n) is 3.88. The summed E-state index contributed by atoms with van der Waals surface area (Å²) < 4.78 is 32.2. The summed E-state index contributed by atoms with van der Waals surface area (Å²) in [7, 11) is -3.89. The number of carbonyl (C=O) groups excluding carboxylic acids is 1. The molecular formula is C18H22N2O6S. The largest absolute Gasteiger partial charge is 0.394 e. The number of aliphatic hydroxyl groups excluding tert-OH is 1. The molecule has 2 aromatic carbocycles. The van der Waals surface area contributed by atoms with Crippen molar-refractivity contribution in [2.75, 3.05) is 26.4 Å². The molecule has 0 saturated heterocycles. The molecule has 1 amide bonds. The molecule has 0 aliphatic carbocycles. The van der Waals surface area contributed by atoms with E-state index in [1.807, 2.05) is 0 Å². The number of hydrogen-bond acceptors (Lipinski definition) is 6. The van der Waals surface area contributed by atoms with E-state index in [2.05, 4.69) is 4.72 Å². The molecule has 0 heterocycles. The minimum absolute atomic E-state index is 0.00529. The molecule has 0 aliphatic heterocycles. The van der Waals surface area contributed by atoms with E-state index in [0.717, 1.165) is 0 Å². The van der Waals surface area contributed by atoms with E-state index in [1.54, 1.807) is 18.2 Å². The molecule has 2 rings (SSSR count). The molecule has 9 heteroatoms. The zero-order valence-electron chi connectivity index (χ0n) is 14.5.